The molecule has 156 valence electrons. The maximum atomic E-state index is 12.7. The van der Waals surface area contributed by atoms with E-state index in [4.69, 9.17) is 14.0 Å². The van der Waals surface area contributed by atoms with E-state index in [0.717, 1.165) is 11.1 Å². The van der Waals surface area contributed by atoms with E-state index in [1.807, 2.05) is 31.2 Å². The van der Waals surface area contributed by atoms with Crippen LogP contribution < -0.4 is 14.8 Å². The van der Waals surface area contributed by atoms with Gasteiger partial charge in [0, 0.05) is 11.3 Å². The third kappa shape index (κ3) is 4.90. The Morgan fingerprint density at radius 2 is 1.74 bits per heavy atom. The number of nitrogens with zero attached hydrogens (tertiary/aromatic N) is 2. The van der Waals surface area contributed by atoms with Crippen molar-refractivity contribution < 1.29 is 18.8 Å². The molecule has 31 heavy (non-hydrogen) atoms. The number of carbonyl (C=O) groups is 1. The monoisotopic (exact) mass is 415 g/mol. The molecule has 0 bridgehead atoms. The number of amides is 1. The van der Waals surface area contributed by atoms with Crippen LogP contribution in [0.5, 0.6) is 11.5 Å². The zero-order valence-corrected chi connectivity index (χ0v) is 17.2. The molecule has 0 atom stereocenters. The highest BCUT2D eigenvalue weighted by molar-refractivity contribution is 6.06. The first-order valence-corrected chi connectivity index (χ1v) is 9.69. The zero-order chi connectivity index (χ0) is 21.6. The largest absolute Gasteiger partial charge is 0.497 e. The molecule has 0 fully saturated rings. The smallest absolute Gasteiger partial charge is 0.264 e. The molecule has 1 aromatic heterocycles. The Balaban J connectivity index is 1.44. The molecule has 4 rings (SSSR count). The summed E-state index contributed by atoms with van der Waals surface area (Å²) in [6, 6.07) is 21.9. The topological polar surface area (TPSA) is 86.5 Å². The summed E-state index contributed by atoms with van der Waals surface area (Å²) in [4.78, 5) is 17.1. The van der Waals surface area contributed by atoms with Crippen LogP contribution in [0.3, 0.4) is 0 Å². The number of nitrogens with one attached hydrogen (secondary N) is 1. The summed E-state index contributed by atoms with van der Waals surface area (Å²) in [5.41, 5.74) is 3.07. The SMILES string of the molecule is COc1ccc(NC(=O)c2ccccc2OCc2nc(-c3ccc(C)cc3)no2)cc1. The van der Waals surface area contributed by atoms with Crippen LogP contribution in [-0.2, 0) is 6.61 Å². The first-order valence-electron chi connectivity index (χ1n) is 9.69. The lowest BCUT2D eigenvalue weighted by Crippen LogP contribution is -2.13. The Labute approximate surface area is 179 Å². The van der Waals surface area contributed by atoms with Gasteiger partial charge in [-0.15, -0.1) is 0 Å². The van der Waals surface area contributed by atoms with E-state index in [0.29, 0.717) is 34.5 Å². The van der Waals surface area contributed by atoms with Crippen LogP contribution in [0.4, 0.5) is 5.69 Å². The van der Waals surface area contributed by atoms with Crippen LogP contribution in [0, 0.1) is 6.92 Å². The maximum Gasteiger partial charge on any atom is 0.264 e. The van der Waals surface area contributed by atoms with Gasteiger partial charge in [0.15, 0.2) is 6.61 Å². The van der Waals surface area contributed by atoms with Crippen molar-refractivity contribution in [3.63, 3.8) is 0 Å². The van der Waals surface area contributed by atoms with Crippen LogP contribution in [-0.4, -0.2) is 23.2 Å². The number of hydrogen-bond donors (Lipinski definition) is 1. The first-order chi connectivity index (χ1) is 15.1. The second kappa shape index (κ2) is 9.13. The number of methoxy groups -OCH3 is 1. The molecule has 0 saturated heterocycles. The van der Waals surface area contributed by atoms with Crippen molar-refractivity contribution in [1.29, 1.82) is 0 Å². The maximum absolute atomic E-state index is 12.7. The van der Waals surface area contributed by atoms with E-state index in [2.05, 4.69) is 15.5 Å². The van der Waals surface area contributed by atoms with Crippen LogP contribution in [0.25, 0.3) is 11.4 Å². The highest BCUT2D eigenvalue weighted by Gasteiger charge is 2.15. The number of carbonyl (C=O) groups excluding carboxylic acids is 1. The summed E-state index contributed by atoms with van der Waals surface area (Å²) < 4.78 is 16.2. The molecule has 1 N–H and O–H groups in total. The summed E-state index contributed by atoms with van der Waals surface area (Å²) in [7, 11) is 1.59. The Hall–Kier alpha value is -4.13. The highest BCUT2D eigenvalue weighted by atomic mass is 16.5. The fourth-order valence-electron chi connectivity index (χ4n) is 2.93. The van der Waals surface area contributed by atoms with Gasteiger partial charge in [-0.1, -0.05) is 47.1 Å². The second-order valence-corrected chi connectivity index (χ2v) is 6.85. The third-order valence-electron chi connectivity index (χ3n) is 4.61. The van der Waals surface area contributed by atoms with Gasteiger partial charge in [0.25, 0.3) is 11.8 Å². The number of benzene rings is 3. The van der Waals surface area contributed by atoms with Gasteiger partial charge in [0.05, 0.1) is 12.7 Å². The average molecular weight is 415 g/mol. The molecule has 0 spiro atoms. The molecule has 4 aromatic rings. The van der Waals surface area contributed by atoms with Gasteiger partial charge in [0.1, 0.15) is 11.5 Å². The van der Waals surface area contributed by atoms with Crippen molar-refractivity contribution >= 4 is 11.6 Å². The van der Waals surface area contributed by atoms with Gasteiger partial charge in [0.2, 0.25) is 5.82 Å². The van der Waals surface area contributed by atoms with Crippen LogP contribution in [0.1, 0.15) is 21.8 Å². The summed E-state index contributed by atoms with van der Waals surface area (Å²) in [6.07, 6.45) is 0. The molecule has 0 saturated carbocycles. The molecule has 1 heterocycles. The molecule has 7 nitrogen and oxygen atoms in total. The zero-order valence-electron chi connectivity index (χ0n) is 17.2. The Morgan fingerprint density at radius 1 is 1.00 bits per heavy atom. The molecule has 0 aliphatic heterocycles. The molecule has 7 heteroatoms. The number of hydrogen-bond acceptors (Lipinski definition) is 6. The molecule has 0 radical (unpaired) electrons. The summed E-state index contributed by atoms with van der Waals surface area (Å²) in [5, 5.41) is 6.85. The summed E-state index contributed by atoms with van der Waals surface area (Å²) >= 11 is 0. The molecule has 0 unspecified atom stereocenters. The summed E-state index contributed by atoms with van der Waals surface area (Å²) in [5.74, 6) is 1.66. The minimum atomic E-state index is -0.286. The number of para-hydroxylation sites is 1. The molecule has 3 aromatic carbocycles. The quantitative estimate of drug-likeness (QED) is 0.463. The van der Waals surface area contributed by atoms with Crippen LogP contribution >= 0.6 is 0 Å². The lowest BCUT2D eigenvalue weighted by atomic mass is 10.1. The van der Waals surface area contributed by atoms with Crippen molar-refractivity contribution in [1.82, 2.24) is 10.1 Å². The first kappa shape index (κ1) is 20.2. The number of aromatic nitrogens is 2. The minimum absolute atomic E-state index is 0.0473. The van der Waals surface area contributed by atoms with E-state index in [1.165, 1.54) is 0 Å². The van der Waals surface area contributed by atoms with Gasteiger partial charge < -0.3 is 19.3 Å². The predicted octanol–water partition coefficient (Wildman–Crippen LogP) is 4.88. The number of anilines is 1. The number of rotatable bonds is 7. The normalized spacial score (nSPS) is 10.5. The highest BCUT2D eigenvalue weighted by Crippen LogP contribution is 2.23. The molecule has 0 aliphatic carbocycles. The number of aryl methyl sites for hydroxylation is 1. The molecule has 0 aliphatic rings. The van der Waals surface area contributed by atoms with Crippen LogP contribution in [0.2, 0.25) is 0 Å². The van der Waals surface area contributed by atoms with Gasteiger partial charge in [-0.25, -0.2) is 0 Å². The van der Waals surface area contributed by atoms with Crippen molar-refractivity contribution in [2.45, 2.75) is 13.5 Å². The van der Waals surface area contributed by atoms with Gasteiger partial charge in [-0.2, -0.15) is 4.98 Å². The van der Waals surface area contributed by atoms with Crippen molar-refractivity contribution in [3.05, 3.63) is 89.8 Å². The average Bonchev–Trinajstić information content (AvgIpc) is 3.28. The van der Waals surface area contributed by atoms with E-state index in [9.17, 15) is 4.79 Å². The predicted molar refractivity (Wildman–Crippen MR) is 116 cm³/mol. The Bertz CT molecular complexity index is 1170. The second-order valence-electron chi connectivity index (χ2n) is 6.85. The standard InChI is InChI=1S/C24H21N3O4/c1-16-7-9-17(10-8-16)23-26-22(31-27-23)15-30-21-6-4-3-5-20(21)24(28)25-18-11-13-19(29-2)14-12-18/h3-14H,15H2,1-2H3,(H,25,28). The number of ether oxygens (including phenoxy) is 2. The minimum Gasteiger partial charge on any atom is -0.497 e. The molecule has 1 amide bonds. The molecular formula is C24H21N3O4. The van der Waals surface area contributed by atoms with E-state index >= 15 is 0 Å². The van der Waals surface area contributed by atoms with E-state index in [-0.39, 0.29) is 12.5 Å². The lowest BCUT2D eigenvalue weighted by molar-refractivity contribution is 0.102. The van der Waals surface area contributed by atoms with Gasteiger partial charge in [-0.05, 0) is 43.3 Å². The fourth-order valence-corrected chi connectivity index (χ4v) is 2.93. The van der Waals surface area contributed by atoms with Crippen molar-refractivity contribution in [2.75, 3.05) is 12.4 Å². The Kier molecular flexibility index (Phi) is 5.93. The third-order valence-corrected chi connectivity index (χ3v) is 4.61. The van der Waals surface area contributed by atoms with Crippen molar-refractivity contribution in [3.8, 4) is 22.9 Å². The van der Waals surface area contributed by atoms with Gasteiger partial charge >= 0.3 is 0 Å². The van der Waals surface area contributed by atoms with Crippen molar-refractivity contribution in [2.24, 2.45) is 0 Å². The summed E-state index contributed by atoms with van der Waals surface area (Å²) in [6.45, 7) is 2.06. The Morgan fingerprint density at radius 3 is 2.48 bits per heavy atom. The van der Waals surface area contributed by atoms with Crippen LogP contribution in [0.15, 0.2) is 77.3 Å². The van der Waals surface area contributed by atoms with E-state index in [1.54, 1.807) is 55.6 Å². The lowest BCUT2D eigenvalue weighted by Gasteiger charge is -2.11. The van der Waals surface area contributed by atoms with E-state index < -0.39 is 0 Å². The molecular weight excluding hydrogens is 394 g/mol. The fraction of sp³-hybridized carbons (Fsp3) is 0.125. The van der Waals surface area contributed by atoms with Gasteiger partial charge in [-0.3, -0.25) is 4.79 Å².